The second-order valence-corrected chi connectivity index (χ2v) is 8.69. The minimum atomic E-state index is -0.282. The van der Waals surface area contributed by atoms with Crippen LogP contribution in [0.3, 0.4) is 0 Å². The first-order chi connectivity index (χ1) is 13.6. The van der Waals surface area contributed by atoms with Crippen molar-refractivity contribution >= 4 is 11.9 Å². The van der Waals surface area contributed by atoms with Crippen molar-refractivity contribution in [2.24, 2.45) is 11.8 Å². The molecule has 28 heavy (non-hydrogen) atoms. The van der Waals surface area contributed by atoms with Gasteiger partial charge in [0.05, 0.1) is 5.92 Å². The maximum atomic E-state index is 12.5. The Hall–Kier alpha value is -1.32. The van der Waals surface area contributed by atoms with Crippen molar-refractivity contribution in [2.45, 2.75) is 116 Å². The van der Waals surface area contributed by atoms with Crippen molar-refractivity contribution in [3.05, 3.63) is 12.2 Å². The molecule has 0 spiro atoms. The van der Waals surface area contributed by atoms with Crippen LogP contribution in [0.25, 0.3) is 0 Å². The van der Waals surface area contributed by atoms with E-state index in [-0.39, 0.29) is 30.1 Å². The van der Waals surface area contributed by atoms with Crippen molar-refractivity contribution in [1.82, 2.24) is 0 Å². The molecule has 0 amide bonds. The number of carbonyl (C=O) groups is 2. The Kier molecular flexibility index (Phi) is 10.7. The fraction of sp³-hybridized carbons (Fsp3) is 0.833. The molecule has 4 heteroatoms. The van der Waals surface area contributed by atoms with Crippen LogP contribution in [-0.4, -0.2) is 24.1 Å². The lowest BCUT2D eigenvalue weighted by atomic mass is 9.83. The van der Waals surface area contributed by atoms with E-state index < -0.39 is 0 Å². The van der Waals surface area contributed by atoms with Crippen LogP contribution < -0.4 is 0 Å². The normalized spacial score (nSPS) is 28.2. The third-order valence-corrected chi connectivity index (χ3v) is 6.39. The third kappa shape index (κ3) is 8.36. The van der Waals surface area contributed by atoms with Crippen LogP contribution in [0.5, 0.6) is 0 Å². The van der Waals surface area contributed by atoms with Crippen molar-refractivity contribution < 1.29 is 19.1 Å². The van der Waals surface area contributed by atoms with Gasteiger partial charge in [0.15, 0.2) is 0 Å². The second kappa shape index (κ2) is 13.0. The molecule has 0 aliphatic heterocycles. The van der Waals surface area contributed by atoms with Crippen LogP contribution in [-0.2, 0) is 19.1 Å². The Morgan fingerprint density at radius 2 is 1.43 bits per heavy atom. The average molecular weight is 393 g/mol. The number of hydrogen-bond acceptors (Lipinski definition) is 4. The molecule has 2 fully saturated rings. The summed E-state index contributed by atoms with van der Waals surface area (Å²) in [4.78, 5) is 24.0. The zero-order valence-electron chi connectivity index (χ0n) is 18.0. The van der Waals surface area contributed by atoms with Crippen molar-refractivity contribution in [3.8, 4) is 0 Å². The minimum Gasteiger partial charge on any atom is -0.462 e. The van der Waals surface area contributed by atoms with Gasteiger partial charge in [-0.3, -0.25) is 4.79 Å². The first-order valence-electron chi connectivity index (χ1n) is 11.7. The molecule has 0 unspecified atom stereocenters. The largest absolute Gasteiger partial charge is 0.462 e. The molecule has 0 aromatic heterocycles. The summed E-state index contributed by atoms with van der Waals surface area (Å²) in [6.45, 7) is 4.06. The first kappa shape index (κ1) is 23.0. The maximum Gasteiger partial charge on any atom is 0.330 e. The van der Waals surface area contributed by atoms with E-state index in [0.717, 1.165) is 44.4 Å². The average Bonchev–Trinajstić information content (AvgIpc) is 2.70. The molecule has 4 nitrogen and oxygen atoms in total. The quantitative estimate of drug-likeness (QED) is 0.255. The molecule has 0 aromatic carbocycles. The van der Waals surface area contributed by atoms with Crippen LogP contribution in [0.15, 0.2) is 12.2 Å². The van der Waals surface area contributed by atoms with Gasteiger partial charge in [-0.25, -0.2) is 4.79 Å². The first-order valence-corrected chi connectivity index (χ1v) is 11.7. The van der Waals surface area contributed by atoms with Gasteiger partial charge in [-0.2, -0.15) is 0 Å². The molecule has 2 aliphatic rings. The summed E-state index contributed by atoms with van der Waals surface area (Å²) >= 11 is 0. The van der Waals surface area contributed by atoms with E-state index in [1.165, 1.54) is 57.4 Å². The molecule has 2 aliphatic carbocycles. The molecule has 2 saturated carbocycles. The summed E-state index contributed by atoms with van der Waals surface area (Å²) < 4.78 is 11.2. The monoisotopic (exact) mass is 392 g/mol. The zero-order valence-corrected chi connectivity index (χ0v) is 18.0. The van der Waals surface area contributed by atoms with E-state index in [4.69, 9.17) is 9.47 Å². The van der Waals surface area contributed by atoms with Crippen LogP contribution >= 0.6 is 0 Å². The third-order valence-electron chi connectivity index (χ3n) is 6.39. The Bertz CT molecular complexity index is 483. The Balaban J connectivity index is 1.58. The van der Waals surface area contributed by atoms with Crippen LogP contribution in [0.2, 0.25) is 0 Å². The van der Waals surface area contributed by atoms with E-state index in [1.807, 2.05) is 0 Å². The van der Waals surface area contributed by atoms with Gasteiger partial charge in [0, 0.05) is 6.08 Å². The highest BCUT2D eigenvalue weighted by molar-refractivity contribution is 5.82. The fourth-order valence-corrected chi connectivity index (χ4v) is 4.59. The summed E-state index contributed by atoms with van der Waals surface area (Å²) in [6.07, 6.45) is 18.8. The molecule has 0 aromatic rings. The lowest BCUT2D eigenvalue weighted by Gasteiger charge is -2.31. The molecule has 0 N–H and O–H groups in total. The van der Waals surface area contributed by atoms with Gasteiger partial charge in [-0.15, -0.1) is 0 Å². The van der Waals surface area contributed by atoms with Crippen molar-refractivity contribution in [3.63, 3.8) is 0 Å². The summed E-state index contributed by atoms with van der Waals surface area (Å²) in [5.41, 5.74) is 0. The zero-order chi connectivity index (χ0) is 20.2. The lowest BCUT2D eigenvalue weighted by Crippen LogP contribution is -2.32. The van der Waals surface area contributed by atoms with E-state index in [1.54, 1.807) is 13.0 Å². The Labute approximate surface area is 171 Å². The van der Waals surface area contributed by atoms with Gasteiger partial charge >= 0.3 is 11.9 Å². The molecule has 0 heterocycles. The van der Waals surface area contributed by atoms with Gasteiger partial charge < -0.3 is 9.47 Å². The van der Waals surface area contributed by atoms with Gasteiger partial charge in [0.25, 0.3) is 0 Å². The molecule has 0 radical (unpaired) electrons. The Morgan fingerprint density at radius 3 is 2.07 bits per heavy atom. The standard InChI is InChI=1S/C24H40O4/c1-3-5-6-7-8-10-19-11-15-22(16-12-19)28-24(26)20-13-17-21(18-14-20)27-23(25)9-4-2/h4,9,19-22H,3,5-8,10-18H2,1-2H3/b9-4+. The predicted molar refractivity (Wildman–Crippen MR) is 112 cm³/mol. The SMILES string of the molecule is C/C=C/C(=O)OC1CCC(C(=O)OC2CCC(CCCCCCC)CC2)CC1. The minimum absolute atomic E-state index is 0.0204. The lowest BCUT2D eigenvalue weighted by molar-refractivity contribution is -0.158. The molecular weight excluding hydrogens is 352 g/mol. The number of esters is 2. The molecule has 2 rings (SSSR count). The molecule has 160 valence electrons. The smallest absolute Gasteiger partial charge is 0.330 e. The van der Waals surface area contributed by atoms with Gasteiger partial charge in [-0.05, 0) is 64.2 Å². The van der Waals surface area contributed by atoms with Gasteiger partial charge in [-0.1, -0.05) is 51.5 Å². The number of hydrogen-bond donors (Lipinski definition) is 0. The molecule has 0 atom stereocenters. The summed E-state index contributed by atoms with van der Waals surface area (Å²) in [7, 11) is 0. The van der Waals surface area contributed by atoms with Crippen LogP contribution in [0.4, 0.5) is 0 Å². The van der Waals surface area contributed by atoms with Crippen molar-refractivity contribution in [2.75, 3.05) is 0 Å². The van der Waals surface area contributed by atoms with Gasteiger partial charge in [0.1, 0.15) is 12.2 Å². The second-order valence-electron chi connectivity index (χ2n) is 8.69. The number of rotatable bonds is 10. The Morgan fingerprint density at radius 1 is 0.821 bits per heavy atom. The highest BCUT2D eigenvalue weighted by atomic mass is 16.5. The topological polar surface area (TPSA) is 52.6 Å². The molecule has 0 saturated heterocycles. The predicted octanol–water partition coefficient (Wildman–Crippen LogP) is 6.13. The summed E-state index contributed by atoms with van der Waals surface area (Å²) in [5.74, 6) is 0.503. The number of unbranched alkanes of at least 4 members (excludes halogenated alkanes) is 4. The number of allylic oxidation sites excluding steroid dienone is 1. The highest BCUT2D eigenvalue weighted by Gasteiger charge is 2.31. The van der Waals surface area contributed by atoms with Crippen LogP contribution in [0.1, 0.15) is 104 Å². The maximum absolute atomic E-state index is 12.5. The van der Waals surface area contributed by atoms with Crippen molar-refractivity contribution in [1.29, 1.82) is 0 Å². The van der Waals surface area contributed by atoms with Gasteiger partial charge in [0.2, 0.25) is 0 Å². The summed E-state index contributed by atoms with van der Waals surface area (Å²) in [5, 5.41) is 0. The van der Waals surface area contributed by atoms with E-state index >= 15 is 0 Å². The van der Waals surface area contributed by atoms with Crippen LogP contribution in [0, 0.1) is 11.8 Å². The fourth-order valence-electron chi connectivity index (χ4n) is 4.59. The van der Waals surface area contributed by atoms with E-state index in [9.17, 15) is 9.59 Å². The van der Waals surface area contributed by atoms with E-state index in [2.05, 4.69) is 6.92 Å². The molecule has 0 bridgehead atoms. The number of ether oxygens (including phenoxy) is 2. The summed E-state index contributed by atoms with van der Waals surface area (Å²) in [6, 6.07) is 0. The highest BCUT2D eigenvalue weighted by Crippen LogP contribution is 2.32. The molecular formula is C24H40O4. The number of carbonyl (C=O) groups excluding carboxylic acids is 2. The van der Waals surface area contributed by atoms with E-state index in [0.29, 0.717) is 0 Å².